The molecule has 2 unspecified atom stereocenters. The van der Waals surface area contributed by atoms with Gasteiger partial charge in [0.25, 0.3) is 0 Å². The maximum atomic E-state index is 12.0. The minimum atomic E-state index is -0.552. The van der Waals surface area contributed by atoms with Gasteiger partial charge in [0, 0.05) is 0 Å². The van der Waals surface area contributed by atoms with Crippen molar-refractivity contribution >= 4 is 43.8 Å². The molecule has 4 nitrogen and oxygen atoms in total. The predicted molar refractivity (Wildman–Crippen MR) is 83.3 cm³/mol. The number of rotatable bonds is 6. The summed E-state index contributed by atoms with van der Waals surface area (Å²) in [5.74, 6) is -1.10. The molecule has 0 heterocycles. The van der Waals surface area contributed by atoms with Crippen LogP contribution in [0, 0.1) is 0 Å². The Balaban J connectivity index is 2.93. The van der Waals surface area contributed by atoms with Crippen molar-refractivity contribution in [3.05, 3.63) is 35.4 Å². The summed E-state index contributed by atoms with van der Waals surface area (Å²) < 4.78 is 10.3. The Labute approximate surface area is 135 Å². The highest BCUT2D eigenvalue weighted by Gasteiger charge is 2.21. The smallest absolute Gasteiger partial charge is 0.340 e. The van der Waals surface area contributed by atoms with E-state index in [9.17, 15) is 9.59 Å². The standard InChI is InChI=1S/C14H16Br2O4/c1-3-11(15)19-13(17)9-7-5-6-8-10(9)14(18)20-12(16)4-2/h5-8,11-12H,3-4H2,1-2H3. The minimum Gasteiger partial charge on any atom is -0.447 e. The molecule has 1 rings (SSSR count). The lowest BCUT2D eigenvalue weighted by molar-refractivity contribution is 0.0416. The normalized spacial score (nSPS) is 13.4. The molecule has 6 heteroatoms. The molecule has 1 aromatic carbocycles. The second kappa shape index (κ2) is 8.42. The van der Waals surface area contributed by atoms with E-state index in [-0.39, 0.29) is 21.2 Å². The van der Waals surface area contributed by atoms with Crippen LogP contribution in [0.1, 0.15) is 47.4 Å². The lowest BCUT2D eigenvalue weighted by atomic mass is 10.1. The van der Waals surface area contributed by atoms with E-state index in [1.165, 1.54) is 0 Å². The number of carbonyl (C=O) groups excluding carboxylic acids is 2. The molecular weight excluding hydrogens is 392 g/mol. The first-order chi connectivity index (χ1) is 9.49. The van der Waals surface area contributed by atoms with Crippen molar-refractivity contribution in [3.63, 3.8) is 0 Å². The third-order valence-corrected chi connectivity index (χ3v) is 4.15. The van der Waals surface area contributed by atoms with Crippen LogP contribution in [-0.4, -0.2) is 22.0 Å². The molecule has 0 saturated heterocycles. The number of benzene rings is 1. The number of halogens is 2. The van der Waals surface area contributed by atoms with Crippen molar-refractivity contribution in [1.29, 1.82) is 0 Å². The summed E-state index contributed by atoms with van der Waals surface area (Å²) in [6.45, 7) is 3.76. The second-order valence-corrected chi connectivity index (χ2v) is 6.04. The zero-order valence-corrected chi connectivity index (χ0v) is 14.4. The SMILES string of the molecule is CCC(Br)OC(=O)c1ccccc1C(=O)OC(Br)CC. The molecule has 0 aromatic heterocycles. The Kier molecular flexibility index (Phi) is 7.23. The van der Waals surface area contributed by atoms with Crippen molar-refractivity contribution in [2.75, 3.05) is 0 Å². The average molecular weight is 408 g/mol. The van der Waals surface area contributed by atoms with E-state index in [1.54, 1.807) is 24.3 Å². The van der Waals surface area contributed by atoms with Gasteiger partial charge < -0.3 is 9.47 Å². The van der Waals surface area contributed by atoms with Crippen LogP contribution in [0.2, 0.25) is 0 Å². The summed E-state index contributed by atoms with van der Waals surface area (Å²) in [5, 5.41) is -0.753. The van der Waals surface area contributed by atoms with Crippen molar-refractivity contribution in [2.45, 2.75) is 36.7 Å². The third kappa shape index (κ3) is 4.90. The van der Waals surface area contributed by atoms with E-state index < -0.39 is 11.9 Å². The third-order valence-electron chi connectivity index (χ3n) is 2.48. The van der Waals surface area contributed by atoms with Gasteiger partial charge in [0.05, 0.1) is 11.1 Å². The van der Waals surface area contributed by atoms with Gasteiger partial charge >= 0.3 is 11.9 Å². The maximum Gasteiger partial charge on any atom is 0.340 e. The van der Waals surface area contributed by atoms with Crippen LogP contribution in [0.5, 0.6) is 0 Å². The summed E-state index contributed by atoms with van der Waals surface area (Å²) in [6, 6.07) is 6.44. The number of alkyl halides is 2. The van der Waals surface area contributed by atoms with E-state index in [0.717, 1.165) is 0 Å². The quantitative estimate of drug-likeness (QED) is 0.522. The molecule has 0 amide bonds. The molecule has 0 aliphatic carbocycles. The van der Waals surface area contributed by atoms with Crippen LogP contribution >= 0.6 is 31.9 Å². The Morgan fingerprint density at radius 2 is 1.30 bits per heavy atom. The molecule has 0 saturated carbocycles. The maximum absolute atomic E-state index is 12.0. The highest BCUT2D eigenvalue weighted by molar-refractivity contribution is 9.09. The first-order valence-electron chi connectivity index (χ1n) is 6.28. The molecule has 0 bridgehead atoms. The van der Waals surface area contributed by atoms with Crippen molar-refractivity contribution in [2.24, 2.45) is 0 Å². The van der Waals surface area contributed by atoms with Crippen molar-refractivity contribution in [1.82, 2.24) is 0 Å². The summed E-state index contributed by atoms with van der Waals surface area (Å²) in [6.07, 6.45) is 1.27. The fraction of sp³-hybridized carbons (Fsp3) is 0.429. The Morgan fingerprint density at radius 1 is 0.950 bits per heavy atom. The van der Waals surface area contributed by atoms with Crippen LogP contribution in [0.25, 0.3) is 0 Å². The van der Waals surface area contributed by atoms with E-state index >= 15 is 0 Å². The first kappa shape index (κ1) is 17.2. The van der Waals surface area contributed by atoms with E-state index in [2.05, 4.69) is 31.9 Å². The van der Waals surface area contributed by atoms with E-state index in [0.29, 0.717) is 12.8 Å². The molecule has 0 N–H and O–H groups in total. The molecule has 20 heavy (non-hydrogen) atoms. The Bertz CT molecular complexity index is 433. The Hall–Kier alpha value is -0.880. The summed E-state index contributed by atoms with van der Waals surface area (Å²) >= 11 is 6.44. The molecule has 110 valence electrons. The van der Waals surface area contributed by atoms with Gasteiger partial charge in [-0.1, -0.05) is 26.0 Å². The van der Waals surface area contributed by atoms with Crippen LogP contribution in [0.4, 0.5) is 0 Å². The molecule has 0 radical (unpaired) electrons. The van der Waals surface area contributed by atoms with Crippen LogP contribution in [0.15, 0.2) is 24.3 Å². The Morgan fingerprint density at radius 3 is 1.60 bits per heavy atom. The lowest BCUT2D eigenvalue weighted by Gasteiger charge is -2.13. The van der Waals surface area contributed by atoms with Crippen molar-refractivity contribution in [3.8, 4) is 0 Å². The number of esters is 2. The fourth-order valence-corrected chi connectivity index (χ4v) is 1.70. The predicted octanol–water partition coefficient (Wildman–Crippen LogP) is 4.26. The summed E-state index contributed by atoms with van der Waals surface area (Å²) in [7, 11) is 0. The van der Waals surface area contributed by atoms with E-state index in [1.807, 2.05) is 13.8 Å². The van der Waals surface area contributed by atoms with Crippen LogP contribution in [0.3, 0.4) is 0 Å². The summed E-state index contributed by atoms with van der Waals surface area (Å²) in [4.78, 5) is 24.0. The minimum absolute atomic E-state index is 0.200. The number of ether oxygens (including phenoxy) is 2. The second-order valence-electron chi connectivity index (χ2n) is 3.99. The topological polar surface area (TPSA) is 52.6 Å². The van der Waals surface area contributed by atoms with Crippen LogP contribution in [-0.2, 0) is 9.47 Å². The van der Waals surface area contributed by atoms with Gasteiger partial charge in [-0.15, -0.1) is 0 Å². The number of carbonyl (C=O) groups is 2. The van der Waals surface area contributed by atoms with Crippen LogP contribution < -0.4 is 0 Å². The average Bonchev–Trinajstić information content (AvgIpc) is 2.46. The molecular formula is C14H16Br2O4. The number of hydrogen-bond donors (Lipinski definition) is 0. The van der Waals surface area contributed by atoms with Gasteiger partial charge in [-0.05, 0) is 56.8 Å². The molecule has 0 aliphatic rings. The highest BCUT2D eigenvalue weighted by Crippen LogP contribution is 2.17. The van der Waals surface area contributed by atoms with E-state index in [4.69, 9.17) is 9.47 Å². The number of hydrogen-bond acceptors (Lipinski definition) is 4. The highest BCUT2D eigenvalue weighted by atomic mass is 79.9. The molecule has 0 spiro atoms. The fourth-order valence-electron chi connectivity index (χ4n) is 1.37. The monoisotopic (exact) mass is 406 g/mol. The van der Waals surface area contributed by atoms with Gasteiger partial charge in [-0.25, -0.2) is 9.59 Å². The van der Waals surface area contributed by atoms with Gasteiger partial charge in [0.15, 0.2) is 10.0 Å². The molecule has 1 aromatic rings. The molecule has 0 aliphatic heterocycles. The van der Waals surface area contributed by atoms with Crippen molar-refractivity contribution < 1.29 is 19.1 Å². The first-order valence-corrected chi connectivity index (χ1v) is 8.11. The molecule has 0 fully saturated rings. The van der Waals surface area contributed by atoms with Gasteiger partial charge in [-0.3, -0.25) is 0 Å². The lowest BCUT2D eigenvalue weighted by Crippen LogP contribution is -2.18. The zero-order chi connectivity index (χ0) is 15.1. The van der Waals surface area contributed by atoms with Gasteiger partial charge in [-0.2, -0.15) is 0 Å². The molecule has 2 atom stereocenters. The van der Waals surface area contributed by atoms with Gasteiger partial charge in [0.2, 0.25) is 0 Å². The largest absolute Gasteiger partial charge is 0.447 e. The summed E-state index contributed by atoms with van der Waals surface area (Å²) in [5.41, 5.74) is 0.400. The zero-order valence-electron chi connectivity index (χ0n) is 11.3. The van der Waals surface area contributed by atoms with Gasteiger partial charge in [0.1, 0.15) is 0 Å².